The summed E-state index contributed by atoms with van der Waals surface area (Å²) >= 11 is 5.96. The predicted octanol–water partition coefficient (Wildman–Crippen LogP) is 3.21. The van der Waals surface area contributed by atoms with Crippen LogP contribution in [-0.2, 0) is 27.1 Å². The summed E-state index contributed by atoms with van der Waals surface area (Å²) in [4.78, 5) is 12.6. The maximum Gasteiger partial charge on any atom is 0.224 e. The first-order chi connectivity index (χ1) is 13.9. The van der Waals surface area contributed by atoms with Crippen molar-refractivity contribution in [1.82, 2.24) is 9.62 Å². The van der Waals surface area contributed by atoms with Gasteiger partial charge in [-0.05, 0) is 48.2 Å². The molecule has 3 rings (SSSR count). The summed E-state index contributed by atoms with van der Waals surface area (Å²) < 4.78 is 32.2. The molecule has 2 aromatic carbocycles. The number of piperidine rings is 1. The molecule has 0 radical (unpaired) electrons. The second-order valence-corrected chi connectivity index (χ2v) is 9.55. The number of halogens is 1. The summed E-state index contributed by atoms with van der Waals surface area (Å²) in [6.45, 7) is 1.04. The van der Waals surface area contributed by atoms with E-state index in [0.29, 0.717) is 36.5 Å². The van der Waals surface area contributed by atoms with Gasteiger partial charge in [0.15, 0.2) is 0 Å². The normalized spacial score (nSPS) is 17.7. The van der Waals surface area contributed by atoms with Gasteiger partial charge < -0.3 is 10.1 Å². The lowest BCUT2D eigenvalue weighted by Crippen LogP contribution is -2.45. The smallest absolute Gasteiger partial charge is 0.224 e. The summed E-state index contributed by atoms with van der Waals surface area (Å²) in [5, 5.41) is 3.42. The monoisotopic (exact) mass is 436 g/mol. The second-order valence-electron chi connectivity index (χ2n) is 7.15. The van der Waals surface area contributed by atoms with Crippen LogP contribution >= 0.6 is 11.6 Å². The van der Waals surface area contributed by atoms with Crippen LogP contribution < -0.4 is 10.1 Å². The Morgan fingerprint density at radius 2 is 1.97 bits per heavy atom. The lowest BCUT2D eigenvalue weighted by molar-refractivity contribution is -0.126. The highest BCUT2D eigenvalue weighted by molar-refractivity contribution is 7.88. The molecule has 156 valence electrons. The van der Waals surface area contributed by atoms with Crippen molar-refractivity contribution in [3.8, 4) is 5.75 Å². The number of rotatable bonds is 7. The van der Waals surface area contributed by atoms with Gasteiger partial charge >= 0.3 is 0 Å². The summed E-state index contributed by atoms with van der Waals surface area (Å²) in [5.41, 5.74) is 1.60. The van der Waals surface area contributed by atoms with E-state index < -0.39 is 10.0 Å². The van der Waals surface area contributed by atoms with E-state index in [4.69, 9.17) is 16.3 Å². The molecule has 1 fully saturated rings. The molecule has 0 aromatic heterocycles. The summed E-state index contributed by atoms with van der Waals surface area (Å²) in [5.74, 6) is 0.167. The molecule has 2 aromatic rings. The van der Waals surface area contributed by atoms with E-state index in [-0.39, 0.29) is 24.1 Å². The molecule has 1 amide bonds. The molecule has 0 bridgehead atoms. The van der Waals surface area contributed by atoms with Crippen molar-refractivity contribution in [2.75, 3.05) is 20.2 Å². The molecule has 1 N–H and O–H groups in total. The van der Waals surface area contributed by atoms with Crippen molar-refractivity contribution in [2.24, 2.45) is 5.92 Å². The molecule has 0 spiro atoms. The lowest BCUT2D eigenvalue weighted by atomic mass is 9.99. The van der Waals surface area contributed by atoms with E-state index in [1.807, 2.05) is 24.3 Å². The number of sulfonamides is 1. The lowest BCUT2D eigenvalue weighted by Gasteiger charge is -2.31. The second kappa shape index (κ2) is 9.61. The van der Waals surface area contributed by atoms with Gasteiger partial charge in [-0.1, -0.05) is 35.9 Å². The Hall–Kier alpha value is -2.09. The first kappa shape index (κ1) is 21.6. The van der Waals surface area contributed by atoms with Crippen LogP contribution in [-0.4, -0.2) is 38.8 Å². The Morgan fingerprint density at radius 3 is 2.66 bits per heavy atom. The Balaban J connectivity index is 1.57. The minimum absolute atomic E-state index is 0.117. The van der Waals surface area contributed by atoms with Crippen molar-refractivity contribution in [3.05, 3.63) is 64.7 Å². The summed E-state index contributed by atoms with van der Waals surface area (Å²) in [7, 11) is -1.91. The molecule has 1 aliphatic rings. The van der Waals surface area contributed by atoms with Gasteiger partial charge in [0.2, 0.25) is 15.9 Å². The van der Waals surface area contributed by atoms with E-state index in [9.17, 15) is 13.2 Å². The summed E-state index contributed by atoms with van der Waals surface area (Å²) in [6, 6.07) is 14.3. The van der Waals surface area contributed by atoms with Crippen molar-refractivity contribution < 1.29 is 17.9 Å². The average molecular weight is 437 g/mol. The number of ether oxygens (including phenoxy) is 1. The number of nitrogens with one attached hydrogen (secondary N) is 1. The number of benzene rings is 2. The number of hydrogen-bond acceptors (Lipinski definition) is 4. The minimum Gasteiger partial charge on any atom is -0.497 e. The fraction of sp³-hybridized carbons (Fsp3) is 0.381. The molecule has 1 atom stereocenters. The van der Waals surface area contributed by atoms with Crippen LogP contribution in [0.25, 0.3) is 0 Å². The van der Waals surface area contributed by atoms with Crippen molar-refractivity contribution in [2.45, 2.75) is 25.1 Å². The molecule has 0 unspecified atom stereocenters. The van der Waals surface area contributed by atoms with Gasteiger partial charge in [0, 0.05) is 24.7 Å². The van der Waals surface area contributed by atoms with Crippen LogP contribution in [0, 0.1) is 5.92 Å². The SMILES string of the molecule is COc1ccc(CNC(=O)[C@H]2CCCN(S(=O)(=O)Cc3cccc(Cl)c3)C2)cc1. The third kappa shape index (κ3) is 5.95. The quantitative estimate of drug-likeness (QED) is 0.723. The molecule has 29 heavy (non-hydrogen) atoms. The Bertz CT molecular complexity index is 947. The van der Waals surface area contributed by atoms with Gasteiger partial charge in [0.1, 0.15) is 5.75 Å². The van der Waals surface area contributed by atoms with Crippen molar-refractivity contribution >= 4 is 27.5 Å². The number of nitrogens with zero attached hydrogens (tertiary/aromatic N) is 1. The van der Waals surface area contributed by atoms with Gasteiger partial charge in [-0.3, -0.25) is 4.79 Å². The highest BCUT2D eigenvalue weighted by atomic mass is 35.5. The largest absolute Gasteiger partial charge is 0.497 e. The minimum atomic E-state index is -3.51. The Labute approximate surface area is 176 Å². The maximum absolute atomic E-state index is 12.8. The molecular formula is C21H25ClN2O4S. The molecule has 1 saturated heterocycles. The molecule has 1 heterocycles. The third-order valence-corrected chi connectivity index (χ3v) is 7.06. The maximum atomic E-state index is 12.8. The zero-order chi connectivity index (χ0) is 20.9. The van der Waals surface area contributed by atoms with E-state index in [1.54, 1.807) is 31.4 Å². The van der Waals surface area contributed by atoms with Gasteiger partial charge in [0.25, 0.3) is 0 Å². The fourth-order valence-electron chi connectivity index (χ4n) is 3.41. The highest BCUT2D eigenvalue weighted by Gasteiger charge is 2.32. The van der Waals surface area contributed by atoms with E-state index in [1.165, 1.54) is 4.31 Å². The average Bonchev–Trinajstić information content (AvgIpc) is 2.72. The summed E-state index contributed by atoms with van der Waals surface area (Å²) in [6.07, 6.45) is 1.34. The zero-order valence-corrected chi connectivity index (χ0v) is 17.9. The van der Waals surface area contributed by atoms with Crippen LogP contribution in [0.2, 0.25) is 5.02 Å². The predicted molar refractivity (Wildman–Crippen MR) is 113 cm³/mol. The van der Waals surface area contributed by atoms with Crippen LogP contribution in [0.1, 0.15) is 24.0 Å². The molecule has 0 aliphatic carbocycles. The van der Waals surface area contributed by atoms with Gasteiger partial charge in [-0.2, -0.15) is 0 Å². The number of hydrogen-bond donors (Lipinski definition) is 1. The van der Waals surface area contributed by atoms with Crippen LogP contribution in [0.15, 0.2) is 48.5 Å². The third-order valence-electron chi connectivity index (χ3n) is 5.01. The van der Waals surface area contributed by atoms with Gasteiger partial charge in [-0.15, -0.1) is 0 Å². The Morgan fingerprint density at radius 1 is 1.21 bits per heavy atom. The molecule has 6 nitrogen and oxygen atoms in total. The van der Waals surface area contributed by atoms with Crippen LogP contribution in [0.4, 0.5) is 0 Å². The van der Waals surface area contributed by atoms with Crippen molar-refractivity contribution in [3.63, 3.8) is 0 Å². The van der Waals surface area contributed by atoms with E-state index in [0.717, 1.165) is 11.3 Å². The number of amides is 1. The zero-order valence-electron chi connectivity index (χ0n) is 16.3. The molecule has 8 heteroatoms. The van der Waals surface area contributed by atoms with Crippen molar-refractivity contribution in [1.29, 1.82) is 0 Å². The molecule has 1 aliphatic heterocycles. The van der Waals surface area contributed by atoms with Gasteiger partial charge in [0.05, 0.1) is 18.8 Å². The Kier molecular flexibility index (Phi) is 7.16. The van der Waals surface area contributed by atoms with E-state index >= 15 is 0 Å². The number of carbonyl (C=O) groups is 1. The molecular weight excluding hydrogens is 412 g/mol. The highest BCUT2D eigenvalue weighted by Crippen LogP contribution is 2.23. The standard InChI is InChI=1S/C21H25ClN2O4S/c1-28-20-9-7-16(8-10-20)13-23-21(25)18-5-3-11-24(14-18)29(26,27)15-17-4-2-6-19(22)12-17/h2,4,6-10,12,18H,3,5,11,13-15H2,1H3,(H,23,25)/t18-/m0/s1. The van der Waals surface area contributed by atoms with Crippen LogP contribution in [0.5, 0.6) is 5.75 Å². The molecule has 0 saturated carbocycles. The topological polar surface area (TPSA) is 75.7 Å². The fourth-order valence-corrected chi connectivity index (χ4v) is 5.23. The number of methoxy groups -OCH3 is 1. The van der Waals surface area contributed by atoms with E-state index in [2.05, 4.69) is 5.32 Å². The first-order valence-corrected chi connectivity index (χ1v) is 11.5. The first-order valence-electron chi connectivity index (χ1n) is 9.50. The van der Waals surface area contributed by atoms with Gasteiger partial charge in [-0.25, -0.2) is 12.7 Å². The number of carbonyl (C=O) groups excluding carboxylic acids is 1. The van der Waals surface area contributed by atoms with Crippen LogP contribution in [0.3, 0.4) is 0 Å².